The molecule has 0 saturated heterocycles. The summed E-state index contributed by atoms with van der Waals surface area (Å²) in [6, 6.07) is 13.4. The molecule has 2 aromatic carbocycles. The van der Waals surface area contributed by atoms with E-state index in [0.717, 1.165) is 28.7 Å². The van der Waals surface area contributed by atoms with E-state index in [9.17, 15) is 0 Å². The van der Waals surface area contributed by atoms with E-state index in [1.807, 2.05) is 24.3 Å². The largest absolute Gasteiger partial charge is 0.493 e. The number of methoxy groups -OCH3 is 2. The molecule has 194 valence electrons. The van der Waals surface area contributed by atoms with Crippen LogP contribution in [0, 0.1) is 11.8 Å². The molecule has 0 unspecified atom stereocenters. The molecule has 0 atom stereocenters. The van der Waals surface area contributed by atoms with Gasteiger partial charge in [-0.25, -0.2) is 9.97 Å². The molecule has 2 saturated carbocycles. The van der Waals surface area contributed by atoms with Gasteiger partial charge in [0.25, 0.3) is 0 Å². The lowest BCUT2D eigenvalue weighted by atomic mass is 9.88. The first-order chi connectivity index (χ1) is 18.3. The molecule has 2 fully saturated rings. The number of fused-ring (bicyclic) bond motifs is 1. The van der Waals surface area contributed by atoms with Gasteiger partial charge in [-0.3, -0.25) is 4.90 Å². The summed E-state index contributed by atoms with van der Waals surface area (Å²) in [6.45, 7) is 0.844. The molecular formula is C31H38N4O2. The molecule has 5 rings (SSSR count). The minimum atomic E-state index is 0.645. The quantitative estimate of drug-likeness (QED) is 0.365. The molecule has 2 aliphatic carbocycles. The minimum Gasteiger partial charge on any atom is -0.493 e. The van der Waals surface area contributed by atoms with E-state index in [1.165, 1.54) is 64.2 Å². The third kappa shape index (κ3) is 5.99. The van der Waals surface area contributed by atoms with Crippen LogP contribution in [-0.2, 0) is 0 Å². The van der Waals surface area contributed by atoms with Crippen molar-refractivity contribution in [2.24, 2.45) is 0 Å². The van der Waals surface area contributed by atoms with Crippen molar-refractivity contribution in [2.75, 3.05) is 26.1 Å². The number of hydrogen-bond donors (Lipinski definition) is 1. The predicted octanol–water partition coefficient (Wildman–Crippen LogP) is 6.71. The van der Waals surface area contributed by atoms with Crippen molar-refractivity contribution in [1.29, 1.82) is 0 Å². The summed E-state index contributed by atoms with van der Waals surface area (Å²) in [5.41, 5.74) is 2.70. The van der Waals surface area contributed by atoms with Crippen molar-refractivity contribution >= 4 is 22.4 Å². The standard InChI is InChI=1S/C31H38N4O2/c1-36-29-20-26-28(21-30(29)37-2)32-22-33-31(26)34-27-18-10-9-12-23(27)13-11-19-35(24-14-5-3-6-15-24)25-16-7-4-8-17-25/h9-10,12,18,20-22,24-25H,3-8,14-17,19H2,1-2H3,(H,32,33,34). The summed E-state index contributed by atoms with van der Waals surface area (Å²) in [6.07, 6.45) is 15.1. The zero-order valence-electron chi connectivity index (χ0n) is 22.1. The molecule has 1 aromatic heterocycles. The Bertz CT molecular complexity index is 1240. The summed E-state index contributed by atoms with van der Waals surface area (Å²) >= 11 is 0. The number of nitrogens with zero attached hydrogens (tertiary/aromatic N) is 3. The first-order valence-electron chi connectivity index (χ1n) is 13.7. The molecular weight excluding hydrogens is 460 g/mol. The van der Waals surface area contributed by atoms with Gasteiger partial charge < -0.3 is 14.8 Å². The average molecular weight is 499 g/mol. The van der Waals surface area contributed by atoms with Gasteiger partial charge in [-0.2, -0.15) is 0 Å². The summed E-state index contributed by atoms with van der Waals surface area (Å²) in [7, 11) is 3.26. The Labute approximate surface area is 220 Å². The molecule has 6 nitrogen and oxygen atoms in total. The highest BCUT2D eigenvalue weighted by molar-refractivity contribution is 5.93. The van der Waals surface area contributed by atoms with Crippen molar-refractivity contribution < 1.29 is 9.47 Å². The van der Waals surface area contributed by atoms with Crippen molar-refractivity contribution in [3.8, 4) is 23.3 Å². The van der Waals surface area contributed by atoms with Crippen LogP contribution in [0.4, 0.5) is 11.5 Å². The van der Waals surface area contributed by atoms with Gasteiger partial charge in [0.05, 0.1) is 32.0 Å². The van der Waals surface area contributed by atoms with Gasteiger partial charge in [0.15, 0.2) is 11.5 Å². The summed E-state index contributed by atoms with van der Waals surface area (Å²) in [4.78, 5) is 11.7. The first-order valence-corrected chi connectivity index (χ1v) is 13.7. The van der Waals surface area contributed by atoms with Crippen molar-refractivity contribution in [2.45, 2.75) is 76.3 Å². The Kier molecular flexibility index (Phi) is 8.42. The molecule has 0 spiro atoms. The number of aromatic nitrogens is 2. The van der Waals surface area contributed by atoms with Gasteiger partial charge in [-0.15, -0.1) is 0 Å². The van der Waals surface area contributed by atoms with Gasteiger partial charge in [0.2, 0.25) is 0 Å². The van der Waals surface area contributed by atoms with E-state index in [4.69, 9.17) is 9.47 Å². The van der Waals surface area contributed by atoms with E-state index in [1.54, 1.807) is 20.5 Å². The number of rotatable bonds is 7. The second kappa shape index (κ2) is 12.3. The Morgan fingerprint density at radius 2 is 1.51 bits per heavy atom. The Balaban J connectivity index is 1.39. The number of benzene rings is 2. The summed E-state index contributed by atoms with van der Waals surface area (Å²) in [5.74, 6) is 9.05. The number of para-hydroxylation sites is 1. The molecule has 37 heavy (non-hydrogen) atoms. The third-order valence-corrected chi connectivity index (χ3v) is 7.89. The van der Waals surface area contributed by atoms with E-state index in [-0.39, 0.29) is 0 Å². The van der Waals surface area contributed by atoms with Gasteiger partial charge >= 0.3 is 0 Å². The maximum absolute atomic E-state index is 5.51. The smallest absolute Gasteiger partial charge is 0.162 e. The van der Waals surface area contributed by atoms with E-state index >= 15 is 0 Å². The SMILES string of the molecule is COc1cc2ncnc(Nc3ccccc3C#CCN(C3CCCCC3)C3CCCCC3)c2cc1OC. The first kappa shape index (κ1) is 25.4. The fourth-order valence-corrected chi connectivity index (χ4v) is 5.92. The Morgan fingerprint density at radius 1 is 0.865 bits per heavy atom. The van der Waals surface area contributed by atoms with Gasteiger partial charge in [-0.1, -0.05) is 62.5 Å². The van der Waals surface area contributed by atoms with Crippen LogP contribution in [0.25, 0.3) is 10.9 Å². The molecule has 3 aromatic rings. The highest BCUT2D eigenvalue weighted by Gasteiger charge is 2.28. The topological polar surface area (TPSA) is 59.5 Å². The van der Waals surface area contributed by atoms with Crippen LogP contribution in [0.5, 0.6) is 11.5 Å². The van der Waals surface area contributed by atoms with Crippen molar-refractivity contribution in [1.82, 2.24) is 14.9 Å². The maximum atomic E-state index is 5.51. The molecule has 0 amide bonds. The summed E-state index contributed by atoms with van der Waals surface area (Å²) in [5, 5.41) is 4.37. The fraction of sp³-hybridized carbons (Fsp3) is 0.484. The lowest BCUT2D eigenvalue weighted by Gasteiger charge is -2.40. The van der Waals surface area contributed by atoms with Crippen LogP contribution in [0.15, 0.2) is 42.7 Å². The molecule has 2 aliphatic rings. The number of hydrogen-bond acceptors (Lipinski definition) is 6. The molecule has 6 heteroatoms. The van der Waals surface area contributed by atoms with E-state index in [0.29, 0.717) is 29.4 Å². The third-order valence-electron chi connectivity index (χ3n) is 7.89. The fourth-order valence-electron chi connectivity index (χ4n) is 5.92. The molecule has 0 bridgehead atoms. The summed E-state index contributed by atoms with van der Waals surface area (Å²) < 4.78 is 11.0. The molecule has 0 aliphatic heterocycles. The van der Waals surface area contributed by atoms with E-state index < -0.39 is 0 Å². The highest BCUT2D eigenvalue weighted by Crippen LogP contribution is 2.35. The van der Waals surface area contributed by atoms with Gasteiger partial charge in [-0.05, 0) is 43.9 Å². The van der Waals surface area contributed by atoms with Crippen LogP contribution in [0.1, 0.15) is 69.8 Å². The van der Waals surface area contributed by atoms with Crippen LogP contribution in [0.3, 0.4) is 0 Å². The van der Waals surface area contributed by atoms with E-state index in [2.05, 4.69) is 44.2 Å². The predicted molar refractivity (Wildman–Crippen MR) is 150 cm³/mol. The Hall–Kier alpha value is -3.30. The highest BCUT2D eigenvalue weighted by atomic mass is 16.5. The van der Waals surface area contributed by atoms with Crippen LogP contribution < -0.4 is 14.8 Å². The lowest BCUT2D eigenvalue weighted by molar-refractivity contribution is 0.0961. The zero-order valence-corrected chi connectivity index (χ0v) is 22.1. The second-order valence-corrected chi connectivity index (χ2v) is 10.2. The lowest BCUT2D eigenvalue weighted by Crippen LogP contribution is -2.45. The second-order valence-electron chi connectivity index (χ2n) is 10.2. The maximum Gasteiger partial charge on any atom is 0.162 e. The average Bonchev–Trinajstić information content (AvgIpc) is 2.96. The van der Waals surface area contributed by atoms with Gasteiger partial charge in [0, 0.05) is 29.1 Å². The molecule has 0 radical (unpaired) electrons. The normalized spacial score (nSPS) is 16.8. The molecule has 1 N–H and O–H groups in total. The number of anilines is 2. The Morgan fingerprint density at radius 3 is 2.19 bits per heavy atom. The van der Waals surface area contributed by atoms with Gasteiger partial charge in [0.1, 0.15) is 12.1 Å². The minimum absolute atomic E-state index is 0.645. The number of ether oxygens (including phenoxy) is 2. The van der Waals surface area contributed by atoms with Crippen LogP contribution in [-0.4, -0.2) is 47.7 Å². The zero-order chi connectivity index (χ0) is 25.5. The molecule has 1 heterocycles. The van der Waals surface area contributed by atoms with Crippen LogP contribution in [0.2, 0.25) is 0 Å². The van der Waals surface area contributed by atoms with Crippen LogP contribution >= 0.6 is 0 Å². The number of nitrogens with one attached hydrogen (secondary N) is 1. The van der Waals surface area contributed by atoms with Crippen molar-refractivity contribution in [3.63, 3.8) is 0 Å². The monoisotopic (exact) mass is 498 g/mol. The van der Waals surface area contributed by atoms with Crippen molar-refractivity contribution in [3.05, 3.63) is 48.3 Å².